The third-order valence-electron chi connectivity index (χ3n) is 6.55. The van der Waals surface area contributed by atoms with E-state index in [1.807, 2.05) is 53.8 Å². The molecule has 6 rings (SSSR count). The van der Waals surface area contributed by atoms with Gasteiger partial charge in [-0.25, -0.2) is 4.98 Å². The van der Waals surface area contributed by atoms with E-state index in [4.69, 9.17) is 26.1 Å². The Morgan fingerprint density at radius 3 is 2.71 bits per heavy atom. The summed E-state index contributed by atoms with van der Waals surface area (Å²) in [5.41, 5.74) is 4.08. The lowest BCUT2D eigenvalue weighted by atomic mass is 10.0. The number of ether oxygens (including phenoxy) is 2. The fourth-order valence-electron chi connectivity index (χ4n) is 4.63. The second-order valence-electron chi connectivity index (χ2n) is 8.85. The summed E-state index contributed by atoms with van der Waals surface area (Å²) < 4.78 is 12.6. The monoisotopic (exact) mass is 487 g/mol. The van der Waals surface area contributed by atoms with Gasteiger partial charge in [0, 0.05) is 47.5 Å². The molecule has 4 aromatic rings. The standard InChI is InChI=1S/C25H23BClN5O3/c26-18-13-28-32-23(12-20(30-24(18)32)17-3-1-2-4-19(17)27)29-16-7-9-31(10-8-16)25(33)15-5-6-21-22(11-15)35-14-34-21/h1-6,11-13,16,29H,7-10,14,26H2. The molecule has 1 fully saturated rings. The summed E-state index contributed by atoms with van der Waals surface area (Å²) >= 11 is 6.46. The first-order chi connectivity index (χ1) is 17.1. The van der Waals surface area contributed by atoms with Crippen molar-refractivity contribution in [2.75, 3.05) is 25.2 Å². The Bertz CT molecular complexity index is 1430. The zero-order valence-electron chi connectivity index (χ0n) is 19.2. The molecule has 2 aliphatic rings. The first kappa shape index (κ1) is 21.8. The highest BCUT2D eigenvalue weighted by Gasteiger charge is 2.26. The van der Waals surface area contributed by atoms with E-state index in [1.54, 1.807) is 18.2 Å². The Morgan fingerprint density at radius 1 is 1.09 bits per heavy atom. The fourth-order valence-corrected chi connectivity index (χ4v) is 4.86. The Balaban J connectivity index is 1.20. The largest absolute Gasteiger partial charge is 0.454 e. The lowest BCUT2D eigenvalue weighted by molar-refractivity contribution is 0.0718. The number of fused-ring (bicyclic) bond motifs is 2. The molecule has 35 heavy (non-hydrogen) atoms. The molecule has 0 aliphatic carbocycles. The van der Waals surface area contributed by atoms with Crippen molar-refractivity contribution in [3.8, 4) is 22.8 Å². The predicted octanol–water partition coefficient (Wildman–Crippen LogP) is 2.75. The van der Waals surface area contributed by atoms with Gasteiger partial charge in [-0.15, -0.1) is 0 Å². The highest BCUT2D eigenvalue weighted by molar-refractivity contribution is 6.36. The van der Waals surface area contributed by atoms with Gasteiger partial charge in [-0.2, -0.15) is 9.61 Å². The number of aromatic nitrogens is 3. The average molecular weight is 488 g/mol. The summed E-state index contributed by atoms with van der Waals surface area (Å²) in [5.74, 6) is 2.17. The molecule has 0 saturated carbocycles. The number of hydrogen-bond acceptors (Lipinski definition) is 6. The summed E-state index contributed by atoms with van der Waals surface area (Å²) in [6.07, 6.45) is 3.46. The topological polar surface area (TPSA) is 81.0 Å². The molecule has 176 valence electrons. The van der Waals surface area contributed by atoms with E-state index in [9.17, 15) is 4.79 Å². The second-order valence-corrected chi connectivity index (χ2v) is 9.26. The van der Waals surface area contributed by atoms with Gasteiger partial charge >= 0.3 is 0 Å². The zero-order chi connectivity index (χ0) is 23.9. The molecule has 1 saturated heterocycles. The highest BCUT2D eigenvalue weighted by atomic mass is 35.5. The molecular weight excluding hydrogens is 465 g/mol. The average Bonchev–Trinajstić information content (AvgIpc) is 3.50. The summed E-state index contributed by atoms with van der Waals surface area (Å²) in [6.45, 7) is 1.52. The summed E-state index contributed by atoms with van der Waals surface area (Å²) in [7, 11) is 2.00. The Morgan fingerprint density at radius 2 is 1.89 bits per heavy atom. The minimum absolute atomic E-state index is 0.0109. The maximum Gasteiger partial charge on any atom is 0.253 e. The number of piperidine rings is 1. The second kappa shape index (κ2) is 8.81. The molecular formula is C25H23BClN5O3. The zero-order valence-corrected chi connectivity index (χ0v) is 20.0. The molecule has 0 unspecified atom stereocenters. The van der Waals surface area contributed by atoms with Gasteiger partial charge in [-0.3, -0.25) is 4.79 Å². The van der Waals surface area contributed by atoms with Crippen molar-refractivity contribution in [2.45, 2.75) is 18.9 Å². The van der Waals surface area contributed by atoms with Crippen LogP contribution in [0.25, 0.3) is 16.9 Å². The van der Waals surface area contributed by atoms with Gasteiger partial charge in [0.05, 0.1) is 5.69 Å². The number of nitrogens with one attached hydrogen (secondary N) is 1. The maximum atomic E-state index is 13.0. The Hall–Kier alpha value is -3.72. The van der Waals surface area contributed by atoms with E-state index in [0.717, 1.165) is 41.0 Å². The van der Waals surface area contributed by atoms with E-state index in [2.05, 4.69) is 10.4 Å². The van der Waals surface area contributed by atoms with Crippen LogP contribution < -0.4 is 20.3 Å². The molecule has 0 atom stereocenters. The van der Waals surface area contributed by atoms with Gasteiger partial charge in [-0.1, -0.05) is 29.8 Å². The van der Waals surface area contributed by atoms with Gasteiger partial charge in [0.2, 0.25) is 6.79 Å². The minimum atomic E-state index is 0.0109. The Labute approximate surface area is 208 Å². The van der Waals surface area contributed by atoms with Crippen LogP contribution in [0.4, 0.5) is 5.82 Å². The summed E-state index contributed by atoms with van der Waals surface area (Å²) in [4.78, 5) is 19.8. The van der Waals surface area contributed by atoms with Crippen LogP contribution in [0.3, 0.4) is 0 Å². The molecule has 2 aromatic heterocycles. The van der Waals surface area contributed by atoms with Crippen molar-refractivity contribution in [3.05, 3.63) is 65.3 Å². The molecule has 0 radical (unpaired) electrons. The van der Waals surface area contributed by atoms with E-state index in [1.165, 1.54) is 0 Å². The van der Waals surface area contributed by atoms with Gasteiger partial charge in [0.1, 0.15) is 13.7 Å². The molecule has 0 spiro atoms. The number of anilines is 1. The van der Waals surface area contributed by atoms with E-state index < -0.39 is 0 Å². The number of halogens is 1. The van der Waals surface area contributed by atoms with Gasteiger partial charge in [0.15, 0.2) is 17.1 Å². The number of benzene rings is 2. The third-order valence-corrected chi connectivity index (χ3v) is 6.88. The number of carbonyl (C=O) groups is 1. The molecule has 0 bridgehead atoms. The first-order valence-electron chi connectivity index (χ1n) is 11.6. The van der Waals surface area contributed by atoms with E-state index in [-0.39, 0.29) is 18.7 Å². The van der Waals surface area contributed by atoms with Crippen molar-refractivity contribution in [3.63, 3.8) is 0 Å². The third kappa shape index (κ3) is 4.06. The van der Waals surface area contributed by atoms with Crippen LogP contribution in [0.2, 0.25) is 5.02 Å². The molecule has 2 aromatic carbocycles. The predicted molar refractivity (Wildman–Crippen MR) is 137 cm³/mol. The van der Waals surface area contributed by atoms with Crippen LogP contribution >= 0.6 is 11.6 Å². The number of rotatable bonds is 4. The lowest BCUT2D eigenvalue weighted by Gasteiger charge is -2.33. The smallest absolute Gasteiger partial charge is 0.253 e. The van der Waals surface area contributed by atoms with Crippen molar-refractivity contribution in [1.82, 2.24) is 19.5 Å². The van der Waals surface area contributed by atoms with Crippen LogP contribution in [-0.4, -0.2) is 59.2 Å². The minimum Gasteiger partial charge on any atom is -0.454 e. The van der Waals surface area contributed by atoms with Crippen molar-refractivity contribution in [1.29, 1.82) is 0 Å². The maximum absolute atomic E-state index is 13.0. The van der Waals surface area contributed by atoms with Crippen LogP contribution in [0.15, 0.2) is 54.7 Å². The number of amides is 1. The quantitative estimate of drug-likeness (QED) is 0.446. The highest BCUT2D eigenvalue weighted by Crippen LogP contribution is 2.33. The number of nitrogens with zero attached hydrogens (tertiary/aromatic N) is 4. The SMILES string of the molecule is Bc1cnn2c(NC3CCN(C(=O)c4ccc5c(c4)OCO5)CC3)cc(-c3ccccc3Cl)nc12. The van der Waals surface area contributed by atoms with E-state index in [0.29, 0.717) is 35.2 Å². The summed E-state index contributed by atoms with van der Waals surface area (Å²) in [6, 6.07) is 15.2. The van der Waals surface area contributed by atoms with Gasteiger partial charge in [0.25, 0.3) is 5.91 Å². The van der Waals surface area contributed by atoms with Crippen LogP contribution in [0, 0.1) is 0 Å². The molecule has 8 nitrogen and oxygen atoms in total. The lowest BCUT2D eigenvalue weighted by Crippen LogP contribution is -2.42. The first-order valence-corrected chi connectivity index (χ1v) is 12.0. The van der Waals surface area contributed by atoms with Crippen LogP contribution in [0.5, 0.6) is 11.5 Å². The van der Waals surface area contributed by atoms with Crippen molar-refractivity contribution >= 4 is 42.3 Å². The molecule has 4 heterocycles. The number of carbonyl (C=O) groups excluding carboxylic acids is 1. The molecule has 1 amide bonds. The number of likely N-dealkylation sites (tertiary alicyclic amines) is 1. The van der Waals surface area contributed by atoms with Crippen molar-refractivity contribution < 1.29 is 14.3 Å². The Kier molecular flexibility index (Phi) is 5.49. The van der Waals surface area contributed by atoms with Crippen molar-refractivity contribution in [2.24, 2.45) is 0 Å². The molecule has 1 N–H and O–H groups in total. The number of hydrogen-bond donors (Lipinski definition) is 1. The van der Waals surface area contributed by atoms with E-state index >= 15 is 0 Å². The summed E-state index contributed by atoms with van der Waals surface area (Å²) in [5, 5.41) is 8.82. The van der Waals surface area contributed by atoms with Gasteiger partial charge in [-0.05, 0) is 42.6 Å². The molecule has 10 heteroatoms. The van der Waals surface area contributed by atoms with Crippen LogP contribution in [0.1, 0.15) is 23.2 Å². The molecule has 2 aliphatic heterocycles. The normalized spacial score (nSPS) is 15.5. The van der Waals surface area contributed by atoms with Gasteiger partial charge < -0.3 is 19.7 Å². The fraction of sp³-hybridized carbons (Fsp3) is 0.240. The van der Waals surface area contributed by atoms with Crippen LogP contribution in [-0.2, 0) is 0 Å².